The zero-order valence-corrected chi connectivity index (χ0v) is 7.64. The highest BCUT2D eigenvalue weighted by atomic mass is 16.5. The molecule has 0 aromatic heterocycles. The third-order valence-corrected chi connectivity index (χ3v) is 1.35. The maximum atomic E-state index is 10.8. The van der Waals surface area contributed by atoms with Gasteiger partial charge < -0.3 is 10.1 Å². The predicted molar refractivity (Wildman–Crippen MR) is 49.1 cm³/mol. The number of unbranched alkanes of at least 4 members (excludes halogenated alkanes) is 1. The Labute approximate surface area is 73.8 Å². The van der Waals surface area contributed by atoms with E-state index in [1.165, 1.54) is 0 Å². The van der Waals surface area contributed by atoms with Gasteiger partial charge in [0.15, 0.2) is 0 Å². The molecule has 0 aliphatic rings. The Balaban J connectivity index is 3.15. The molecule has 0 saturated carbocycles. The lowest BCUT2D eigenvalue weighted by Crippen LogP contribution is -2.25. The van der Waals surface area contributed by atoms with Crippen LogP contribution in [0, 0.1) is 0 Å². The number of ether oxygens (including phenoxy) is 1. The van der Waals surface area contributed by atoms with Gasteiger partial charge in [-0.15, -0.1) is 6.58 Å². The number of carbonyl (C=O) groups is 1. The summed E-state index contributed by atoms with van der Waals surface area (Å²) in [6, 6.07) is 0. The third-order valence-electron chi connectivity index (χ3n) is 1.35. The number of nitrogens with one attached hydrogen (secondary N) is 1. The Morgan fingerprint density at radius 2 is 2.42 bits per heavy atom. The second kappa shape index (κ2) is 8.11. The molecule has 0 spiro atoms. The molecule has 0 aromatic rings. The van der Waals surface area contributed by atoms with Crippen LogP contribution in [0.3, 0.4) is 0 Å². The topological polar surface area (TPSA) is 38.3 Å². The molecule has 0 rings (SSSR count). The normalized spacial score (nSPS) is 9.08. The summed E-state index contributed by atoms with van der Waals surface area (Å²) in [5.74, 6) is 0. The van der Waals surface area contributed by atoms with Gasteiger partial charge in [0.2, 0.25) is 0 Å². The summed E-state index contributed by atoms with van der Waals surface area (Å²) in [7, 11) is 0. The molecule has 0 saturated heterocycles. The number of alkyl carbamates (subject to hydrolysis) is 1. The quantitative estimate of drug-likeness (QED) is 0.491. The Bertz CT molecular complexity index is 134. The van der Waals surface area contributed by atoms with Crippen molar-refractivity contribution in [2.75, 3.05) is 13.2 Å². The largest absolute Gasteiger partial charge is 0.450 e. The Hall–Kier alpha value is -0.990. The molecule has 0 bridgehead atoms. The number of rotatable bonds is 6. The van der Waals surface area contributed by atoms with Crippen molar-refractivity contribution in [1.82, 2.24) is 5.32 Å². The second-order valence-corrected chi connectivity index (χ2v) is 2.49. The van der Waals surface area contributed by atoms with Crippen molar-refractivity contribution < 1.29 is 9.53 Å². The molecular weight excluding hydrogens is 154 g/mol. The number of amides is 1. The van der Waals surface area contributed by atoms with Crippen LogP contribution >= 0.6 is 0 Å². The summed E-state index contributed by atoms with van der Waals surface area (Å²) in [4.78, 5) is 10.8. The summed E-state index contributed by atoms with van der Waals surface area (Å²) < 4.78 is 4.84. The second-order valence-electron chi connectivity index (χ2n) is 2.49. The minimum atomic E-state index is -0.328. The monoisotopic (exact) mass is 171 g/mol. The Morgan fingerprint density at radius 1 is 1.67 bits per heavy atom. The van der Waals surface area contributed by atoms with Crippen LogP contribution in [0.4, 0.5) is 4.79 Å². The molecule has 12 heavy (non-hydrogen) atoms. The highest BCUT2D eigenvalue weighted by molar-refractivity contribution is 5.66. The lowest BCUT2D eigenvalue weighted by atomic mass is 10.4. The molecule has 3 heteroatoms. The first kappa shape index (κ1) is 11.0. The van der Waals surface area contributed by atoms with E-state index in [0.29, 0.717) is 13.2 Å². The van der Waals surface area contributed by atoms with Gasteiger partial charge in [0.1, 0.15) is 0 Å². The minimum absolute atomic E-state index is 0.328. The van der Waals surface area contributed by atoms with E-state index in [1.54, 1.807) is 6.08 Å². The molecule has 0 aliphatic carbocycles. The molecule has 0 radical (unpaired) electrons. The van der Waals surface area contributed by atoms with Gasteiger partial charge in [-0.25, -0.2) is 4.79 Å². The van der Waals surface area contributed by atoms with Crippen LogP contribution in [-0.2, 0) is 4.74 Å². The van der Waals surface area contributed by atoms with E-state index in [0.717, 1.165) is 19.3 Å². The first-order valence-electron chi connectivity index (χ1n) is 4.32. The van der Waals surface area contributed by atoms with Crippen LogP contribution in [-0.4, -0.2) is 19.2 Å². The van der Waals surface area contributed by atoms with Crippen molar-refractivity contribution in [1.29, 1.82) is 0 Å². The van der Waals surface area contributed by atoms with Crippen molar-refractivity contribution in [3.05, 3.63) is 12.7 Å². The van der Waals surface area contributed by atoms with Crippen molar-refractivity contribution in [3.63, 3.8) is 0 Å². The molecule has 1 amide bonds. The maximum Gasteiger partial charge on any atom is 0.407 e. The van der Waals surface area contributed by atoms with Crippen molar-refractivity contribution in [2.24, 2.45) is 0 Å². The third kappa shape index (κ3) is 7.12. The summed E-state index contributed by atoms with van der Waals surface area (Å²) in [5, 5.41) is 2.61. The average Bonchev–Trinajstić information content (AvgIpc) is 2.06. The van der Waals surface area contributed by atoms with Crippen LogP contribution in [0.15, 0.2) is 12.7 Å². The summed E-state index contributed by atoms with van der Waals surface area (Å²) >= 11 is 0. The highest BCUT2D eigenvalue weighted by Gasteiger charge is 1.97. The van der Waals surface area contributed by atoms with Gasteiger partial charge in [0.05, 0.1) is 6.61 Å². The van der Waals surface area contributed by atoms with Gasteiger partial charge >= 0.3 is 6.09 Å². The van der Waals surface area contributed by atoms with E-state index in [-0.39, 0.29) is 6.09 Å². The SMILES string of the molecule is C=CCCNC(=O)OCCCC. The lowest BCUT2D eigenvalue weighted by molar-refractivity contribution is 0.145. The summed E-state index contributed by atoms with van der Waals surface area (Å²) in [5.41, 5.74) is 0. The van der Waals surface area contributed by atoms with Gasteiger partial charge in [0.25, 0.3) is 0 Å². The van der Waals surface area contributed by atoms with Crippen LogP contribution in [0.1, 0.15) is 26.2 Å². The highest BCUT2D eigenvalue weighted by Crippen LogP contribution is 1.88. The van der Waals surface area contributed by atoms with Crippen LogP contribution in [0.5, 0.6) is 0 Å². The molecule has 0 aromatic carbocycles. The van der Waals surface area contributed by atoms with E-state index < -0.39 is 0 Å². The van der Waals surface area contributed by atoms with Crippen LogP contribution in [0.2, 0.25) is 0 Å². The van der Waals surface area contributed by atoms with Gasteiger partial charge in [-0.05, 0) is 12.8 Å². The van der Waals surface area contributed by atoms with E-state index in [1.807, 2.05) is 0 Å². The van der Waals surface area contributed by atoms with Gasteiger partial charge in [-0.3, -0.25) is 0 Å². The fraction of sp³-hybridized carbons (Fsp3) is 0.667. The maximum absolute atomic E-state index is 10.8. The molecule has 0 fully saturated rings. The van der Waals surface area contributed by atoms with Crippen molar-refractivity contribution in [3.8, 4) is 0 Å². The molecule has 3 nitrogen and oxygen atoms in total. The molecule has 0 aliphatic heterocycles. The van der Waals surface area contributed by atoms with E-state index in [2.05, 4.69) is 18.8 Å². The van der Waals surface area contributed by atoms with E-state index >= 15 is 0 Å². The number of hydrogen-bond acceptors (Lipinski definition) is 2. The minimum Gasteiger partial charge on any atom is -0.450 e. The van der Waals surface area contributed by atoms with Crippen molar-refractivity contribution >= 4 is 6.09 Å². The van der Waals surface area contributed by atoms with Crippen LogP contribution < -0.4 is 5.32 Å². The zero-order valence-electron chi connectivity index (χ0n) is 7.64. The summed E-state index contributed by atoms with van der Waals surface area (Å²) in [6.45, 7) is 6.71. The van der Waals surface area contributed by atoms with E-state index in [9.17, 15) is 4.79 Å². The molecular formula is C9H17NO2. The smallest absolute Gasteiger partial charge is 0.407 e. The molecule has 0 unspecified atom stereocenters. The first-order valence-corrected chi connectivity index (χ1v) is 4.32. The first-order chi connectivity index (χ1) is 5.81. The number of carbonyl (C=O) groups excluding carboxylic acids is 1. The fourth-order valence-electron chi connectivity index (χ4n) is 0.637. The average molecular weight is 171 g/mol. The fourth-order valence-corrected chi connectivity index (χ4v) is 0.637. The van der Waals surface area contributed by atoms with Gasteiger partial charge in [0, 0.05) is 6.54 Å². The van der Waals surface area contributed by atoms with Crippen molar-refractivity contribution in [2.45, 2.75) is 26.2 Å². The van der Waals surface area contributed by atoms with E-state index in [4.69, 9.17) is 4.74 Å². The molecule has 0 atom stereocenters. The van der Waals surface area contributed by atoms with Crippen LogP contribution in [0.25, 0.3) is 0 Å². The standard InChI is InChI=1S/C9H17NO2/c1-3-5-7-10-9(11)12-8-6-4-2/h3H,1,4-8H2,2H3,(H,10,11). The van der Waals surface area contributed by atoms with Gasteiger partial charge in [-0.1, -0.05) is 19.4 Å². The summed E-state index contributed by atoms with van der Waals surface area (Å²) in [6.07, 6.45) is 4.18. The Kier molecular flexibility index (Phi) is 7.44. The molecule has 1 N–H and O–H groups in total. The Morgan fingerprint density at radius 3 is 3.00 bits per heavy atom. The van der Waals surface area contributed by atoms with Gasteiger partial charge in [-0.2, -0.15) is 0 Å². The number of hydrogen-bond donors (Lipinski definition) is 1. The predicted octanol–water partition coefficient (Wildman–Crippen LogP) is 2.09. The molecule has 0 heterocycles. The lowest BCUT2D eigenvalue weighted by Gasteiger charge is -2.04. The molecule has 70 valence electrons. The zero-order chi connectivity index (χ0) is 9.23.